The molecule has 0 fully saturated rings. The van der Waals surface area contributed by atoms with Gasteiger partial charge in [-0.05, 0) is 36.6 Å². The van der Waals surface area contributed by atoms with Crippen LogP contribution < -0.4 is 5.73 Å². The highest BCUT2D eigenvalue weighted by atomic mass is 19.1. The molecule has 0 saturated carbocycles. The summed E-state index contributed by atoms with van der Waals surface area (Å²) in [6, 6.07) is 6.63. The quantitative estimate of drug-likeness (QED) is 0.910. The first-order valence-corrected chi connectivity index (χ1v) is 6.61. The van der Waals surface area contributed by atoms with Crippen LogP contribution in [0.25, 0.3) is 0 Å². The second kappa shape index (κ2) is 5.09. The van der Waals surface area contributed by atoms with Crippen LogP contribution in [-0.4, -0.2) is 21.3 Å². The minimum Gasteiger partial charge on any atom is -0.330 e. The van der Waals surface area contributed by atoms with Crippen LogP contribution in [0.5, 0.6) is 0 Å². The summed E-state index contributed by atoms with van der Waals surface area (Å²) in [7, 11) is 0. The Labute approximate surface area is 111 Å². The van der Waals surface area contributed by atoms with Gasteiger partial charge in [-0.2, -0.15) is 0 Å². The fraction of sp³-hybridized carbons (Fsp3) is 0.429. The van der Waals surface area contributed by atoms with Gasteiger partial charge >= 0.3 is 0 Å². The Kier molecular flexibility index (Phi) is 3.29. The minimum absolute atomic E-state index is 0.212. The highest BCUT2D eigenvalue weighted by molar-refractivity contribution is 5.20. The van der Waals surface area contributed by atoms with Gasteiger partial charge in [0, 0.05) is 19.4 Å². The molecule has 0 spiro atoms. The van der Waals surface area contributed by atoms with Crippen LogP contribution >= 0.6 is 0 Å². The Bertz CT molecular complexity index is 579. The van der Waals surface area contributed by atoms with E-state index in [4.69, 9.17) is 5.73 Å². The molecule has 1 atom stereocenters. The van der Waals surface area contributed by atoms with Crippen molar-refractivity contribution in [1.29, 1.82) is 0 Å². The van der Waals surface area contributed by atoms with Gasteiger partial charge in [-0.3, -0.25) is 0 Å². The second-order valence-corrected chi connectivity index (χ2v) is 5.09. The molecule has 0 aliphatic carbocycles. The molecule has 100 valence electrons. The number of rotatable bonds is 3. The van der Waals surface area contributed by atoms with E-state index in [1.807, 2.05) is 6.07 Å². The lowest BCUT2D eigenvalue weighted by Crippen LogP contribution is -2.27. The molecule has 2 N–H and O–H groups in total. The topological polar surface area (TPSA) is 56.7 Å². The van der Waals surface area contributed by atoms with Crippen molar-refractivity contribution in [3.63, 3.8) is 0 Å². The lowest BCUT2D eigenvalue weighted by Gasteiger charge is -2.22. The van der Waals surface area contributed by atoms with Gasteiger partial charge in [0.1, 0.15) is 17.5 Å². The van der Waals surface area contributed by atoms with Crippen LogP contribution in [0.4, 0.5) is 4.39 Å². The summed E-state index contributed by atoms with van der Waals surface area (Å²) in [6.07, 6.45) is 2.62. The first-order chi connectivity index (χ1) is 9.26. The molecule has 1 unspecified atom stereocenters. The number of hydrogen-bond acceptors (Lipinski definition) is 3. The van der Waals surface area contributed by atoms with Crippen molar-refractivity contribution in [3.8, 4) is 0 Å². The molecule has 0 radical (unpaired) electrons. The third kappa shape index (κ3) is 2.51. The number of nitrogens with two attached hydrogens (primary N) is 1. The predicted molar refractivity (Wildman–Crippen MR) is 70.1 cm³/mol. The molecule has 19 heavy (non-hydrogen) atoms. The fourth-order valence-electron chi connectivity index (χ4n) is 2.60. The van der Waals surface area contributed by atoms with Crippen molar-refractivity contribution in [2.75, 3.05) is 6.54 Å². The summed E-state index contributed by atoms with van der Waals surface area (Å²) in [4.78, 5) is 0. The molecule has 0 amide bonds. The highest BCUT2D eigenvalue weighted by Gasteiger charge is 2.21. The van der Waals surface area contributed by atoms with E-state index in [1.165, 1.54) is 6.07 Å². The molecule has 2 aromatic rings. The second-order valence-electron chi connectivity index (χ2n) is 5.09. The van der Waals surface area contributed by atoms with Gasteiger partial charge in [0.25, 0.3) is 0 Å². The van der Waals surface area contributed by atoms with Gasteiger partial charge in [-0.25, -0.2) is 4.39 Å². The zero-order valence-corrected chi connectivity index (χ0v) is 10.7. The van der Waals surface area contributed by atoms with E-state index in [-0.39, 0.29) is 5.82 Å². The fourth-order valence-corrected chi connectivity index (χ4v) is 2.60. The molecule has 2 heterocycles. The summed E-state index contributed by atoms with van der Waals surface area (Å²) in [5.74, 6) is 2.21. The number of benzene rings is 1. The number of nitrogens with zero attached hydrogens (tertiary/aromatic N) is 3. The molecule has 0 bridgehead atoms. The Hall–Kier alpha value is -1.75. The van der Waals surface area contributed by atoms with Crippen LogP contribution in [-0.2, 0) is 19.4 Å². The summed E-state index contributed by atoms with van der Waals surface area (Å²) < 4.78 is 15.3. The summed E-state index contributed by atoms with van der Waals surface area (Å²) in [5.41, 5.74) is 6.67. The number of aryl methyl sites for hydroxylation is 1. The largest absolute Gasteiger partial charge is 0.330 e. The maximum absolute atomic E-state index is 13.2. The molecule has 0 saturated heterocycles. The maximum Gasteiger partial charge on any atom is 0.137 e. The van der Waals surface area contributed by atoms with E-state index in [9.17, 15) is 4.39 Å². The number of halogens is 1. The number of fused-ring (bicyclic) bond motifs is 1. The first-order valence-electron chi connectivity index (χ1n) is 6.61. The summed E-state index contributed by atoms with van der Waals surface area (Å²) >= 11 is 0. The van der Waals surface area contributed by atoms with E-state index in [0.29, 0.717) is 18.9 Å². The van der Waals surface area contributed by atoms with E-state index >= 15 is 0 Å². The zero-order valence-electron chi connectivity index (χ0n) is 10.7. The highest BCUT2D eigenvalue weighted by Crippen LogP contribution is 2.20. The number of aromatic nitrogens is 3. The van der Waals surface area contributed by atoms with Crippen molar-refractivity contribution in [2.24, 2.45) is 11.7 Å². The molecule has 1 aliphatic heterocycles. The van der Waals surface area contributed by atoms with Crippen molar-refractivity contribution < 1.29 is 4.39 Å². The molecular formula is C14H17FN4. The molecule has 3 rings (SSSR count). The SMILES string of the molecule is NCC1CCc2nnc(Cc3cccc(F)c3)n2C1. The van der Waals surface area contributed by atoms with Gasteiger partial charge in [-0.1, -0.05) is 12.1 Å². The summed E-state index contributed by atoms with van der Waals surface area (Å²) in [5, 5.41) is 8.46. The van der Waals surface area contributed by atoms with Gasteiger partial charge in [0.2, 0.25) is 0 Å². The van der Waals surface area contributed by atoms with Crippen molar-refractivity contribution in [3.05, 3.63) is 47.3 Å². The molecule has 5 heteroatoms. The molecule has 1 aliphatic rings. The normalized spacial score (nSPS) is 18.3. The van der Waals surface area contributed by atoms with Crippen LogP contribution in [0.2, 0.25) is 0 Å². The summed E-state index contributed by atoms with van der Waals surface area (Å²) in [6.45, 7) is 1.57. The van der Waals surface area contributed by atoms with Gasteiger partial charge < -0.3 is 10.3 Å². The van der Waals surface area contributed by atoms with Crippen molar-refractivity contribution >= 4 is 0 Å². The van der Waals surface area contributed by atoms with Crippen molar-refractivity contribution in [1.82, 2.24) is 14.8 Å². The van der Waals surface area contributed by atoms with Crippen LogP contribution in [0.15, 0.2) is 24.3 Å². The van der Waals surface area contributed by atoms with Gasteiger partial charge in [0.05, 0.1) is 0 Å². The molecular weight excluding hydrogens is 243 g/mol. The van der Waals surface area contributed by atoms with E-state index in [2.05, 4.69) is 14.8 Å². The lowest BCUT2D eigenvalue weighted by atomic mass is 9.99. The molecule has 1 aromatic carbocycles. The first kappa shape index (κ1) is 12.3. The van der Waals surface area contributed by atoms with Crippen LogP contribution in [0.1, 0.15) is 23.6 Å². The monoisotopic (exact) mass is 260 g/mol. The van der Waals surface area contributed by atoms with E-state index in [1.54, 1.807) is 12.1 Å². The van der Waals surface area contributed by atoms with E-state index < -0.39 is 0 Å². The predicted octanol–water partition coefficient (Wildman–Crippen LogP) is 1.53. The van der Waals surface area contributed by atoms with Gasteiger partial charge in [0.15, 0.2) is 0 Å². The third-order valence-corrected chi connectivity index (χ3v) is 3.71. The molecule has 4 nitrogen and oxygen atoms in total. The molecule has 1 aromatic heterocycles. The zero-order chi connectivity index (χ0) is 13.2. The maximum atomic E-state index is 13.2. The van der Waals surface area contributed by atoms with Crippen molar-refractivity contribution in [2.45, 2.75) is 25.8 Å². The average Bonchev–Trinajstić information content (AvgIpc) is 2.81. The Morgan fingerprint density at radius 2 is 2.26 bits per heavy atom. The smallest absolute Gasteiger partial charge is 0.137 e. The van der Waals surface area contributed by atoms with Crippen LogP contribution in [0, 0.1) is 11.7 Å². The average molecular weight is 260 g/mol. The third-order valence-electron chi connectivity index (χ3n) is 3.71. The van der Waals surface area contributed by atoms with Gasteiger partial charge in [-0.15, -0.1) is 10.2 Å². The standard InChI is InChI=1S/C14H17FN4/c15-12-3-1-2-10(6-12)7-14-18-17-13-5-4-11(8-16)9-19(13)14/h1-3,6,11H,4-5,7-9,16H2. The Morgan fingerprint density at radius 1 is 1.37 bits per heavy atom. The van der Waals surface area contributed by atoms with Crippen LogP contribution in [0.3, 0.4) is 0 Å². The minimum atomic E-state index is -0.212. The lowest BCUT2D eigenvalue weighted by molar-refractivity contribution is 0.368. The Morgan fingerprint density at radius 3 is 3.05 bits per heavy atom. The number of hydrogen-bond donors (Lipinski definition) is 1. The van der Waals surface area contributed by atoms with E-state index in [0.717, 1.165) is 36.6 Å². The Balaban J connectivity index is 1.85.